The van der Waals surface area contributed by atoms with Crippen molar-refractivity contribution < 1.29 is 4.79 Å². The molecule has 2 aromatic rings. The average Bonchev–Trinajstić information content (AvgIpc) is 3.16. The Balaban J connectivity index is 1.66. The van der Waals surface area contributed by atoms with E-state index in [4.69, 9.17) is 0 Å². The van der Waals surface area contributed by atoms with Crippen LogP contribution in [0.25, 0.3) is 11.0 Å². The summed E-state index contributed by atoms with van der Waals surface area (Å²) in [5.41, 5.74) is 2.33. The predicted molar refractivity (Wildman–Crippen MR) is 84.6 cm³/mol. The molecule has 0 radical (unpaired) electrons. The number of hydrogen-bond donors (Lipinski definition) is 2. The summed E-state index contributed by atoms with van der Waals surface area (Å²) in [5, 5.41) is 6.30. The number of nitrogens with zero attached hydrogens (tertiary/aromatic N) is 3. The minimum absolute atomic E-state index is 0.00394. The van der Waals surface area contributed by atoms with Crippen LogP contribution in [0, 0.1) is 0 Å². The van der Waals surface area contributed by atoms with Crippen LogP contribution in [-0.4, -0.2) is 51.8 Å². The van der Waals surface area contributed by atoms with Crippen LogP contribution in [0.4, 0.5) is 5.69 Å². The second kappa shape index (κ2) is 6.46. The molecular weight excluding hydrogens is 286 g/mol. The van der Waals surface area contributed by atoms with E-state index in [-0.39, 0.29) is 5.91 Å². The fourth-order valence-electron chi connectivity index (χ4n) is 2.73. The van der Waals surface area contributed by atoms with Crippen LogP contribution in [0.15, 0.2) is 18.2 Å². The molecular formula is C14H19N5OS. The average molecular weight is 305 g/mol. The van der Waals surface area contributed by atoms with E-state index in [0.29, 0.717) is 12.6 Å². The van der Waals surface area contributed by atoms with Crippen LogP contribution in [-0.2, 0) is 4.79 Å². The molecule has 112 valence electrons. The maximum Gasteiger partial charge on any atom is 0.238 e. The lowest BCUT2D eigenvalue weighted by molar-refractivity contribution is -0.117. The number of fused-ring (bicyclic) bond motifs is 1. The highest BCUT2D eigenvalue weighted by Gasteiger charge is 2.23. The largest absolute Gasteiger partial charge is 0.323 e. The molecule has 0 aliphatic carbocycles. The molecule has 1 fully saturated rings. The first-order valence-electron chi connectivity index (χ1n) is 7.24. The molecule has 1 aliphatic heterocycles. The van der Waals surface area contributed by atoms with Crippen LogP contribution in [0.1, 0.15) is 13.3 Å². The van der Waals surface area contributed by atoms with Gasteiger partial charge in [-0.05, 0) is 31.6 Å². The highest BCUT2D eigenvalue weighted by atomic mass is 32.1. The minimum atomic E-state index is 0.00394. The van der Waals surface area contributed by atoms with E-state index in [1.54, 1.807) is 0 Å². The first-order chi connectivity index (χ1) is 10.3. The summed E-state index contributed by atoms with van der Waals surface area (Å²) in [7, 11) is 0. The number of amides is 1. The monoisotopic (exact) mass is 305 g/mol. The first kappa shape index (κ1) is 14.4. The normalized spacial score (nSPS) is 18.5. The highest BCUT2D eigenvalue weighted by molar-refractivity contribution is 7.00. The van der Waals surface area contributed by atoms with Gasteiger partial charge in [0.25, 0.3) is 0 Å². The zero-order valence-corrected chi connectivity index (χ0v) is 12.8. The Hall–Kier alpha value is -1.57. The van der Waals surface area contributed by atoms with Crippen molar-refractivity contribution in [2.75, 3.05) is 31.5 Å². The zero-order chi connectivity index (χ0) is 14.7. The number of carbonyl (C=O) groups excluding carboxylic acids is 1. The molecule has 0 bridgehead atoms. The smallest absolute Gasteiger partial charge is 0.238 e. The maximum atomic E-state index is 12.3. The van der Waals surface area contributed by atoms with Crippen molar-refractivity contribution in [3.8, 4) is 0 Å². The number of hydrogen-bond acceptors (Lipinski definition) is 6. The lowest BCUT2D eigenvalue weighted by Gasteiger charge is -2.26. The highest BCUT2D eigenvalue weighted by Crippen LogP contribution is 2.21. The standard InChI is InChI=1S/C14H19N5OS/c1-2-19(10-6-7-15-8-10)9-13(20)16-11-4-3-5-12-14(11)18-21-17-12/h3-5,10,15H,2,6-9H2,1H3,(H,16,20). The second-order valence-corrected chi connectivity index (χ2v) is 5.72. The van der Waals surface area contributed by atoms with Crippen molar-refractivity contribution in [1.82, 2.24) is 19.0 Å². The fraction of sp³-hybridized carbons (Fsp3) is 0.500. The van der Waals surface area contributed by atoms with Gasteiger partial charge in [0.15, 0.2) is 0 Å². The van der Waals surface area contributed by atoms with Gasteiger partial charge < -0.3 is 10.6 Å². The second-order valence-electron chi connectivity index (χ2n) is 5.20. The molecule has 21 heavy (non-hydrogen) atoms. The molecule has 1 amide bonds. The Morgan fingerprint density at radius 3 is 3.19 bits per heavy atom. The molecule has 1 unspecified atom stereocenters. The van der Waals surface area contributed by atoms with Crippen LogP contribution in [0.2, 0.25) is 0 Å². The van der Waals surface area contributed by atoms with Crippen molar-refractivity contribution in [3.63, 3.8) is 0 Å². The van der Waals surface area contributed by atoms with Gasteiger partial charge in [0, 0.05) is 12.6 Å². The van der Waals surface area contributed by atoms with Crippen LogP contribution >= 0.6 is 11.7 Å². The van der Waals surface area contributed by atoms with Gasteiger partial charge in [0.1, 0.15) is 11.0 Å². The lowest BCUT2D eigenvalue weighted by atomic mass is 10.2. The van der Waals surface area contributed by atoms with Gasteiger partial charge in [-0.2, -0.15) is 8.75 Å². The van der Waals surface area contributed by atoms with E-state index in [1.807, 2.05) is 18.2 Å². The topological polar surface area (TPSA) is 70.2 Å². The first-order valence-corrected chi connectivity index (χ1v) is 7.97. The summed E-state index contributed by atoms with van der Waals surface area (Å²) in [6.07, 6.45) is 1.10. The van der Waals surface area contributed by atoms with Gasteiger partial charge in [0.2, 0.25) is 5.91 Å². The van der Waals surface area contributed by atoms with Crippen LogP contribution in [0.5, 0.6) is 0 Å². The third-order valence-electron chi connectivity index (χ3n) is 3.86. The number of aromatic nitrogens is 2. The van der Waals surface area contributed by atoms with Gasteiger partial charge in [-0.1, -0.05) is 13.0 Å². The number of nitrogens with one attached hydrogen (secondary N) is 2. The van der Waals surface area contributed by atoms with E-state index < -0.39 is 0 Å². The van der Waals surface area contributed by atoms with Crippen molar-refractivity contribution in [2.24, 2.45) is 0 Å². The van der Waals surface area contributed by atoms with Crippen molar-refractivity contribution in [3.05, 3.63) is 18.2 Å². The molecule has 7 heteroatoms. The predicted octanol–water partition coefficient (Wildman–Crippen LogP) is 1.31. The summed E-state index contributed by atoms with van der Waals surface area (Å²) in [4.78, 5) is 14.5. The third kappa shape index (κ3) is 3.20. The summed E-state index contributed by atoms with van der Waals surface area (Å²) < 4.78 is 8.43. The zero-order valence-electron chi connectivity index (χ0n) is 12.0. The van der Waals surface area contributed by atoms with Gasteiger partial charge in [-0.25, -0.2) is 0 Å². The molecule has 1 atom stereocenters. The molecule has 3 rings (SSSR count). The van der Waals surface area contributed by atoms with E-state index >= 15 is 0 Å². The number of rotatable bonds is 5. The Morgan fingerprint density at radius 2 is 2.43 bits per heavy atom. The quantitative estimate of drug-likeness (QED) is 0.872. The molecule has 0 saturated carbocycles. The maximum absolute atomic E-state index is 12.3. The molecule has 0 spiro atoms. The summed E-state index contributed by atoms with van der Waals surface area (Å²) in [6.45, 7) is 5.38. The van der Waals surface area contributed by atoms with Gasteiger partial charge in [-0.15, -0.1) is 0 Å². The molecule has 2 heterocycles. The van der Waals surface area contributed by atoms with E-state index in [2.05, 4.69) is 31.2 Å². The number of carbonyl (C=O) groups is 1. The fourth-order valence-corrected chi connectivity index (χ4v) is 3.28. The number of likely N-dealkylation sites (N-methyl/N-ethyl adjacent to an activating group) is 1. The summed E-state index contributed by atoms with van der Waals surface area (Å²) in [6, 6.07) is 6.11. The third-order valence-corrected chi connectivity index (χ3v) is 4.41. The Morgan fingerprint density at radius 1 is 1.52 bits per heavy atom. The van der Waals surface area contributed by atoms with Crippen molar-refractivity contribution >= 4 is 34.4 Å². The van der Waals surface area contributed by atoms with Gasteiger partial charge >= 0.3 is 0 Å². The Labute approximate surface area is 127 Å². The molecule has 1 aliphatic rings. The molecule has 1 aromatic carbocycles. The molecule has 1 saturated heterocycles. The van der Waals surface area contributed by atoms with E-state index in [0.717, 1.165) is 54.5 Å². The SMILES string of the molecule is CCN(CC(=O)Nc1cccc2nsnc12)C1CCNC1. The number of benzene rings is 1. The molecule has 1 aromatic heterocycles. The lowest BCUT2D eigenvalue weighted by Crippen LogP contribution is -2.41. The van der Waals surface area contributed by atoms with Crippen molar-refractivity contribution in [2.45, 2.75) is 19.4 Å². The molecule has 6 nitrogen and oxygen atoms in total. The van der Waals surface area contributed by atoms with Crippen molar-refractivity contribution in [1.29, 1.82) is 0 Å². The van der Waals surface area contributed by atoms with Crippen LogP contribution < -0.4 is 10.6 Å². The minimum Gasteiger partial charge on any atom is -0.323 e. The van der Waals surface area contributed by atoms with Crippen LogP contribution in [0.3, 0.4) is 0 Å². The van der Waals surface area contributed by atoms with Gasteiger partial charge in [-0.3, -0.25) is 9.69 Å². The number of anilines is 1. The summed E-state index contributed by atoms with van der Waals surface area (Å²) in [5.74, 6) is 0.00394. The Bertz CT molecular complexity index is 623. The molecule has 2 N–H and O–H groups in total. The van der Waals surface area contributed by atoms with E-state index in [9.17, 15) is 4.79 Å². The van der Waals surface area contributed by atoms with Gasteiger partial charge in [0.05, 0.1) is 24.0 Å². The van der Waals surface area contributed by atoms with E-state index in [1.165, 1.54) is 0 Å². The Kier molecular flexibility index (Phi) is 4.42. The summed E-state index contributed by atoms with van der Waals surface area (Å²) >= 11 is 1.16.